The molecule has 13 heteroatoms. The Hall–Kier alpha value is -3.32. The standard InChI is InChI=1S/C20H28N4O8S/c1-33-7-6-14(20(31)32)23-16(26)10-22-19(30)15(9-17(27)28)24-18(29)13(21)8-11-2-4-12(25)5-3-11/h2-5,13-15,25H,6-10,21H2,1H3,(H,22,30)(H,23,26)(H,24,29)(H,27,28)(H,31,32). The highest BCUT2D eigenvalue weighted by atomic mass is 32.2. The summed E-state index contributed by atoms with van der Waals surface area (Å²) in [5.41, 5.74) is 6.48. The first-order chi connectivity index (χ1) is 15.5. The second kappa shape index (κ2) is 14.0. The molecule has 3 amide bonds. The van der Waals surface area contributed by atoms with Crippen LogP contribution in [0.25, 0.3) is 0 Å². The first-order valence-corrected chi connectivity index (χ1v) is 11.3. The number of nitrogens with one attached hydrogen (secondary N) is 3. The van der Waals surface area contributed by atoms with Gasteiger partial charge in [0.2, 0.25) is 17.7 Å². The SMILES string of the molecule is CSCCC(NC(=O)CNC(=O)C(CC(=O)O)NC(=O)C(N)Cc1ccc(O)cc1)C(=O)O. The minimum Gasteiger partial charge on any atom is -0.508 e. The van der Waals surface area contributed by atoms with E-state index in [4.69, 9.17) is 15.9 Å². The number of amides is 3. The Kier molecular flexibility index (Phi) is 11.7. The molecule has 0 radical (unpaired) electrons. The molecule has 0 aliphatic rings. The molecule has 0 saturated heterocycles. The number of carbonyl (C=O) groups excluding carboxylic acids is 3. The Labute approximate surface area is 194 Å². The van der Waals surface area contributed by atoms with Crippen LogP contribution in [0.4, 0.5) is 0 Å². The average Bonchev–Trinajstić information content (AvgIpc) is 2.75. The molecule has 182 valence electrons. The lowest BCUT2D eigenvalue weighted by Crippen LogP contribution is -2.54. The van der Waals surface area contributed by atoms with Gasteiger partial charge in [-0.15, -0.1) is 0 Å². The molecule has 3 atom stereocenters. The van der Waals surface area contributed by atoms with Crippen LogP contribution in [-0.4, -0.2) is 81.7 Å². The summed E-state index contributed by atoms with van der Waals surface area (Å²) in [5, 5.41) is 34.2. The molecule has 1 rings (SSSR count). The van der Waals surface area contributed by atoms with Gasteiger partial charge in [0.25, 0.3) is 0 Å². The fourth-order valence-corrected chi connectivity index (χ4v) is 3.14. The molecular formula is C20H28N4O8S. The lowest BCUT2D eigenvalue weighted by atomic mass is 10.0. The molecule has 0 aliphatic heterocycles. The zero-order valence-electron chi connectivity index (χ0n) is 17.9. The summed E-state index contributed by atoms with van der Waals surface area (Å²) < 4.78 is 0. The number of aromatic hydroxyl groups is 1. The number of rotatable bonds is 14. The van der Waals surface area contributed by atoms with Gasteiger partial charge in [0, 0.05) is 0 Å². The maximum Gasteiger partial charge on any atom is 0.326 e. The van der Waals surface area contributed by atoms with E-state index in [1.165, 1.54) is 23.9 Å². The molecule has 0 saturated carbocycles. The second-order valence-corrected chi connectivity index (χ2v) is 8.08. The van der Waals surface area contributed by atoms with Crippen molar-refractivity contribution in [1.29, 1.82) is 0 Å². The molecule has 0 fully saturated rings. The van der Waals surface area contributed by atoms with Crippen LogP contribution in [-0.2, 0) is 30.4 Å². The van der Waals surface area contributed by atoms with E-state index < -0.39 is 60.8 Å². The van der Waals surface area contributed by atoms with Gasteiger partial charge in [-0.25, -0.2) is 4.79 Å². The van der Waals surface area contributed by atoms with Gasteiger partial charge >= 0.3 is 11.9 Å². The van der Waals surface area contributed by atoms with Gasteiger partial charge in [-0.3, -0.25) is 19.2 Å². The summed E-state index contributed by atoms with van der Waals surface area (Å²) in [6.45, 7) is -0.604. The summed E-state index contributed by atoms with van der Waals surface area (Å²) in [7, 11) is 0. The highest BCUT2D eigenvalue weighted by molar-refractivity contribution is 7.98. The van der Waals surface area contributed by atoms with E-state index in [-0.39, 0.29) is 18.6 Å². The van der Waals surface area contributed by atoms with Crippen LogP contribution >= 0.6 is 11.8 Å². The van der Waals surface area contributed by atoms with Crippen LogP contribution in [0.1, 0.15) is 18.4 Å². The lowest BCUT2D eigenvalue weighted by molar-refractivity contribution is -0.142. The zero-order chi connectivity index (χ0) is 25.0. The number of carboxylic acid groups (broad SMARTS) is 2. The van der Waals surface area contributed by atoms with Gasteiger partial charge < -0.3 is 37.0 Å². The van der Waals surface area contributed by atoms with E-state index in [1.807, 2.05) is 0 Å². The molecular weight excluding hydrogens is 456 g/mol. The van der Waals surface area contributed by atoms with Gasteiger partial charge in [0.15, 0.2) is 0 Å². The Morgan fingerprint density at radius 1 is 1.00 bits per heavy atom. The third-order valence-corrected chi connectivity index (χ3v) is 5.05. The van der Waals surface area contributed by atoms with Crippen LogP contribution in [0.5, 0.6) is 5.75 Å². The number of hydrogen-bond donors (Lipinski definition) is 7. The summed E-state index contributed by atoms with van der Waals surface area (Å²) in [4.78, 5) is 59.0. The highest BCUT2D eigenvalue weighted by Crippen LogP contribution is 2.11. The van der Waals surface area contributed by atoms with Crippen LogP contribution in [0, 0.1) is 0 Å². The molecule has 0 heterocycles. The summed E-state index contributed by atoms with van der Waals surface area (Å²) in [6.07, 6.45) is 1.29. The summed E-state index contributed by atoms with van der Waals surface area (Å²) in [6, 6.07) is 2.23. The van der Waals surface area contributed by atoms with Crippen molar-refractivity contribution in [3.63, 3.8) is 0 Å². The Morgan fingerprint density at radius 2 is 1.64 bits per heavy atom. The minimum atomic E-state index is -1.50. The highest BCUT2D eigenvalue weighted by Gasteiger charge is 2.27. The number of phenols is 1. The van der Waals surface area contributed by atoms with E-state index in [9.17, 15) is 29.1 Å². The molecule has 0 bridgehead atoms. The smallest absolute Gasteiger partial charge is 0.326 e. The maximum atomic E-state index is 12.4. The number of hydrogen-bond acceptors (Lipinski definition) is 8. The number of aliphatic carboxylic acids is 2. The fourth-order valence-electron chi connectivity index (χ4n) is 2.67. The van der Waals surface area contributed by atoms with Crippen molar-refractivity contribution in [1.82, 2.24) is 16.0 Å². The van der Waals surface area contributed by atoms with Crippen LogP contribution in [0.3, 0.4) is 0 Å². The van der Waals surface area contributed by atoms with Crippen molar-refractivity contribution in [2.45, 2.75) is 37.4 Å². The van der Waals surface area contributed by atoms with E-state index in [2.05, 4.69) is 16.0 Å². The summed E-state index contributed by atoms with van der Waals surface area (Å²) in [5.74, 6) is -4.54. The molecule has 12 nitrogen and oxygen atoms in total. The second-order valence-electron chi connectivity index (χ2n) is 7.09. The largest absolute Gasteiger partial charge is 0.508 e. The zero-order valence-corrected chi connectivity index (χ0v) is 18.8. The van der Waals surface area contributed by atoms with Gasteiger partial charge in [0.05, 0.1) is 19.0 Å². The third-order valence-electron chi connectivity index (χ3n) is 4.41. The van der Waals surface area contributed by atoms with E-state index in [1.54, 1.807) is 18.4 Å². The predicted octanol–water partition coefficient (Wildman–Crippen LogP) is -1.34. The molecule has 1 aromatic carbocycles. The molecule has 0 spiro atoms. The Bertz CT molecular complexity index is 849. The number of nitrogens with two attached hydrogens (primary N) is 1. The Balaban J connectivity index is 2.66. The van der Waals surface area contributed by atoms with Crippen molar-refractivity contribution >= 4 is 41.4 Å². The van der Waals surface area contributed by atoms with Gasteiger partial charge in [-0.2, -0.15) is 11.8 Å². The van der Waals surface area contributed by atoms with Gasteiger partial charge in [0.1, 0.15) is 17.8 Å². The van der Waals surface area contributed by atoms with E-state index in [0.29, 0.717) is 11.3 Å². The first kappa shape index (κ1) is 27.7. The first-order valence-electron chi connectivity index (χ1n) is 9.88. The molecule has 33 heavy (non-hydrogen) atoms. The van der Waals surface area contributed by atoms with Crippen LogP contribution in [0.15, 0.2) is 24.3 Å². The van der Waals surface area contributed by atoms with Crippen molar-refractivity contribution in [2.24, 2.45) is 5.73 Å². The van der Waals surface area contributed by atoms with Crippen molar-refractivity contribution in [3.8, 4) is 5.75 Å². The maximum absolute atomic E-state index is 12.4. The number of thioether (sulfide) groups is 1. The average molecular weight is 485 g/mol. The van der Waals surface area contributed by atoms with E-state index in [0.717, 1.165) is 0 Å². The van der Waals surface area contributed by atoms with Gasteiger partial charge in [-0.05, 0) is 42.5 Å². The molecule has 1 aromatic rings. The number of phenolic OH excluding ortho intramolecular Hbond substituents is 1. The third kappa shape index (κ3) is 10.7. The molecule has 0 aliphatic carbocycles. The van der Waals surface area contributed by atoms with Crippen LogP contribution < -0.4 is 21.7 Å². The predicted molar refractivity (Wildman–Crippen MR) is 120 cm³/mol. The molecule has 0 aromatic heterocycles. The van der Waals surface area contributed by atoms with Crippen molar-refractivity contribution in [2.75, 3.05) is 18.6 Å². The monoisotopic (exact) mass is 484 g/mol. The fraction of sp³-hybridized carbons (Fsp3) is 0.450. The summed E-state index contributed by atoms with van der Waals surface area (Å²) >= 11 is 1.41. The van der Waals surface area contributed by atoms with Crippen LogP contribution in [0.2, 0.25) is 0 Å². The number of carbonyl (C=O) groups is 5. The number of carboxylic acids is 2. The number of benzene rings is 1. The molecule has 8 N–H and O–H groups in total. The lowest BCUT2D eigenvalue weighted by Gasteiger charge is -2.20. The quantitative estimate of drug-likeness (QED) is 0.165. The van der Waals surface area contributed by atoms with Crippen molar-refractivity contribution in [3.05, 3.63) is 29.8 Å². The molecule has 3 unspecified atom stereocenters. The normalized spacial score (nSPS) is 13.3. The van der Waals surface area contributed by atoms with Crippen molar-refractivity contribution < 1.29 is 39.3 Å². The van der Waals surface area contributed by atoms with E-state index >= 15 is 0 Å². The van der Waals surface area contributed by atoms with Gasteiger partial charge in [-0.1, -0.05) is 12.1 Å². The topological polar surface area (TPSA) is 208 Å². The minimum absolute atomic E-state index is 0.0398. The Morgan fingerprint density at radius 3 is 2.18 bits per heavy atom.